The Morgan fingerprint density at radius 2 is 2.00 bits per heavy atom. The Labute approximate surface area is 120 Å². The summed E-state index contributed by atoms with van der Waals surface area (Å²) in [6.07, 6.45) is 1.54. The van der Waals surface area contributed by atoms with Crippen molar-refractivity contribution in [3.8, 4) is 12.1 Å². The molecule has 0 amide bonds. The summed E-state index contributed by atoms with van der Waals surface area (Å²) in [5.74, 6) is 0. The first-order valence-corrected chi connectivity index (χ1v) is 6.95. The molecule has 1 aliphatic rings. The monoisotopic (exact) mass is 268 g/mol. The first kappa shape index (κ1) is 14.4. The average molecular weight is 268 g/mol. The summed E-state index contributed by atoms with van der Waals surface area (Å²) in [7, 11) is 0. The Morgan fingerprint density at radius 3 is 2.60 bits per heavy atom. The Hall–Kier alpha value is -2.04. The summed E-state index contributed by atoms with van der Waals surface area (Å²) >= 11 is 0. The SMILES string of the molecule is CC1(C)CCNC(CC#N)CN1c1ccc(C#N)cc1. The lowest BCUT2D eigenvalue weighted by Gasteiger charge is -2.39. The van der Waals surface area contributed by atoms with Gasteiger partial charge in [-0.1, -0.05) is 0 Å². The van der Waals surface area contributed by atoms with E-state index < -0.39 is 0 Å². The molecule has 1 atom stereocenters. The first-order chi connectivity index (χ1) is 9.56. The highest BCUT2D eigenvalue weighted by molar-refractivity contribution is 5.52. The van der Waals surface area contributed by atoms with E-state index in [1.165, 1.54) is 0 Å². The fraction of sp³-hybridized carbons (Fsp3) is 0.500. The van der Waals surface area contributed by atoms with Crippen LogP contribution in [0.15, 0.2) is 24.3 Å². The van der Waals surface area contributed by atoms with Crippen molar-refractivity contribution >= 4 is 5.69 Å². The highest BCUT2D eigenvalue weighted by Crippen LogP contribution is 2.29. The van der Waals surface area contributed by atoms with Gasteiger partial charge in [0.2, 0.25) is 0 Å². The van der Waals surface area contributed by atoms with E-state index in [1.807, 2.05) is 24.3 Å². The van der Waals surface area contributed by atoms with Crippen molar-refractivity contribution in [3.05, 3.63) is 29.8 Å². The van der Waals surface area contributed by atoms with Crippen LogP contribution in [0.3, 0.4) is 0 Å². The third-order valence-corrected chi connectivity index (χ3v) is 3.95. The van der Waals surface area contributed by atoms with E-state index in [0.717, 1.165) is 25.2 Å². The summed E-state index contributed by atoms with van der Waals surface area (Å²) in [4.78, 5) is 2.34. The third-order valence-electron chi connectivity index (χ3n) is 3.95. The quantitative estimate of drug-likeness (QED) is 0.894. The molecule has 1 N–H and O–H groups in total. The summed E-state index contributed by atoms with van der Waals surface area (Å²) < 4.78 is 0. The molecule has 0 aromatic heterocycles. The van der Waals surface area contributed by atoms with E-state index in [9.17, 15) is 0 Å². The molecule has 2 rings (SSSR count). The van der Waals surface area contributed by atoms with Gasteiger partial charge >= 0.3 is 0 Å². The van der Waals surface area contributed by atoms with Crippen LogP contribution in [0.2, 0.25) is 0 Å². The number of rotatable bonds is 2. The Bertz CT molecular complexity index is 533. The van der Waals surface area contributed by atoms with Gasteiger partial charge in [-0.05, 0) is 51.1 Å². The van der Waals surface area contributed by atoms with E-state index >= 15 is 0 Å². The predicted molar refractivity (Wildman–Crippen MR) is 79.2 cm³/mol. The Balaban J connectivity index is 2.28. The Morgan fingerprint density at radius 1 is 1.30 bits per heavy atom. The molecule has 1 unspecified atom stereocenters. The van der Waals surface area contributed by atoms with Crippen LogP contribution in [0.4, 0.5) is 5.69 Å². The lowest BCUT2D eigenvalue weighted by Crippen LogP contribution is -2.46. The fourth-order valence-electron chi connectivity index (χ4n) is 2.67. The topological polar surface area (TPSA) is 62.9 Å². The van der Waals surface area contributed by atoms with Crippen molar-refractivity contribution in [2.75, 3.05) is 18.0 Å². The first-order valence-electron chi connectivity index (χ1n) is 6.95. The van der Waals surface area contributed by atoms with E-state index in [0.29, 0.717) is 12.0 Å². The van der Waals surface area contributed by atoms with Crippen molar-refractivity contribution in [1.82, 2.24) is 5.32 Å². The van der Waals surface area contributed by atoms with E-state index in [-0.39, 0.29) is 11.6 Å². The largest absolute Gasteiger partial charge is 0.365 e. The van der Waals surface area contributed by atoms with Gasteiger partial charge in [0, 0.05) is 23.8 Å². The third kappa shape index (κ3) is 3.10. The number of benzene rings is 1. The molecule has 4 heteroatoms. The van der Waals surface area contributed by atoms with Crippen molar-refractivity contribution in [1.29, 1.82) is 10.5 Å². The second-order valence-corrected chi connectivity index (χ2v) is 5.85. The minimum absolute atomic E-state index is 0.0331. The number of nitrogens with one attached hydrogen (secondary N) is 1. The van der Waals surface area contributed by atoms with Gasteiger partial charge in [0.15, 0.2) is 0 Å². The molecule has 4 nitrogen and oxygen atoms in total. The number of anilines is 1. The van der Waals surface area contributed by atoms with Gasteiger partial charge in [-0.15, -0.1) is 0 Å². The van der Waals surface area contributed by atoms with Crippen LogP contribution in [0.5, 0.6) is 0 Å². The molecule has 104 valence electrons. The molecular formula is C16H20N4. The van der Waals surface area contributed by atoms with Gasteiger partial charge in [0.25, 0.3) is 0 Å². The zero-order valence-electron chi connectivity index (χ0n) is 12.1. The molecule has 0 radical (unpaired) electrons. The molecule has 1 aliphatic heterocycles. The van der Waals surface area contributed by atoms with Gasteiger partial charge in [-0.3, -0.25) is 0 Å². The van der Waals surface area contributed by atoms with Gasteiger partial charge in [-0.25, -0.2) is 0 Å². The lowest BCUT2D eigenvalue weighted by molar-refractivity contribution is 0.452. The van der Waals surface area contributed by atoms with Crippen LogP contribution >= 0.6 is 0 Å². The number of hydrogen-bond acceptors (Lipinski definition) is 4. The van der Waals surface area contributed by atoms with Gasteiger partial charge in [-0.2, -0.15) is 10.5 Å². The number of nitrogens with zero attached hydrogens (tertiary/aromatic N) is 3. The number of nitriles is 2. The van der Waals surface area contributed by atoms with E-state index in [4.69, 9.17) is 10.5 Å². The van der Waals surface area contributed by atoms with Crippen LogP contribution in [0, 0.1) is 22.7 Å². The minimum atomic E-state index is 0.0331. The van der Waals surface area contributed by atoms with Crippen LogP contribution in [0.1, 0.15) is 32.3 Å². The molecule has 1 heterocycles. The molecule has 0 spiro atoms. The zero-order valence-corrected chi connectivity index (χ0v) is 12.1. The van der Waals surface area contributed by atoms with Gasteiger partial charge in [0.05, 0.1) is 24.1 Å². The maximum absolute atomic E-state index is 8.92. The van der Waals surface area contributed by atoms with Crippen LogP contribution in [-0.2, 0) is 0 Å². The standard InChI is InChI=1S/C16H20N4/c1-16(2)8-10-19-14(7-9-17)12-20(16)15-5-3-13(11-18)4-6-15/h3-6,14,19H,7-8,10,12H2,1-2H3. The normalized spacial score (nSPS) is 21.6. The summed E-state index contributed by atoms with van der Waals surface area (Å²) in [6.45, 7) is 6.18. The summed E-state index contributed by atoms with van der Waals surface area (Å²) in [5, 5.41) is 21.3. The van der Waals surface area contributed by atoms with E-state index in [2.05, 4.69) is 36.2 Å². The highest BCUT2D eigenvalue weighted by atomic mass is 15.2. The minimum Gasteiger partial charge on any atom is -0.365 e. The number of hydrogen-bond donors (Lipinski definition) is 1. The highest BCUT2D eigenvalue weighted by Gasteiger charge is 2.31. The zero-order chi connectivity index (χ0) is 14.6. The summed E-state index contributed by atoms with van der Waals surface area (Å²) in [5.41, 5.74) is 1.82. The average Bonchev–Trinajstić information content (AvgIpc) is 2.58. The lowest BCUT2D eigenvalue weighted by atomic mass is 9.97. The summed E-state index contributed by atoms with van der Waals surface area (Å²) in [6, 6.07) is 12.3. The molecule has 1 fully saturated rings. The van der Waals surface area contributed by atoms with Gasteiger partial charge < -0.3 is 10.2 Å². The van der Waals surface area contributed by atoms with Crippen molar-refractivity contribution < 1.29 is 0 Å². The van der Waals surface area contributed by atoms with Crippen molar-refractivity contribution in [2.24, 2.45) is 0 Å². The molecular weight excluding hydrogens is 248 g/mol. The van der Waals surface area contributed by atoms with Crippen LogP contribution in [-0.4, -0.2) is 24.7 Å². The second-order valence-electron chi connectivity index (χ2n) is 5.85. The molecule has 0 saturated carbocycles. The van der Waals surface area contributed by atoms with Gasteiger partial charge in [0.1, 0.15) is 0 Å². The molecule has 20 heavy (non-hydrogen) atoms. The maximum Gasteiger partial charge on any atom is 0.0991 e. The van der Waals surface area contributed by atoms with Crippen molar-refractivity contribution in [3.63, 3.8) is 0 Å². The second kappa shape index (κ2) is 5.94. The molecule has 1 aromatic carbocycles. The van der Waals surface area contributed by atoms with Crippen molar-refractivity contribution in [2.45, 2.75) is 38.3 Å². The maximum atomic E-state index is 8.92. The molecule has 0 aliphatic carbocycles. The van der Waals surface area contributed by atoms with Crippen LogP contribution in [0.25, 0.3) is 0 Å². The molecule has 0 bridgehead atoms. The Kier molecular flexibility index (Phi) is 4.27. The van der Waals surface area contributed by atoms with Crippen LogP contribution < -0.4 is 10.2 Å². The molecule has 1 saturated heterocycles. The van der Waals surface area contributed by atoms with E-state index in [1.54, 1.807) is 0 Å². The smallest absolute Gasteiger partial charge is 0.0991 e. The molecule has 1 aromatic rings. The predicted octanol–water partition coefficient (Wildman–Crippen LogP) is 2.42. The fourth-order valence-corrected chi connectivity index (χ4v) is 2.67.